The molecule has 0 aliphatic carbocycles. The van der Waals surface area contributed by atoms with Crippen molar-refractivity contribution in [1.82, 2.24) is 9.29 Å². The van der Waals surface area contributed by atoms with Crippen LogP contribution in [-0.4, -0.2) is 43.3 Å². The molecule has 8 heteroatoms. The second kappa shape index (κ2) is 5.04. The van der Waals surface area contributed by atoms with Crippen LogP contribution in [-0.2, 0) is 21.8 Å². The first kappa shape index (κ1) is 14.8. The van der Waals surface area contributed by atoms with Crippen LogP contribution >= 0.6 is 0 Å². The number of hydrogen-bond acceptors (Lipinski definition) is 5. The average Bonchev–Trinajstić information content (AvgIpc) is 2.64. The van der Waals surface area contributed by atoms with Gasteiger partial charge in [0.25, 0.3) is 0 Å². The predicted octanol–water partition coefficient (Wildman–Crippen LogP) is -0.134. The molecule has 0 radical (unpaired) electrons. The number of rotatable bonds is 2. The summed E-state index contributed by atoms with van der Waals surface area (Å²) in [4.78, 5) is 11.8. The van der Waals surface area contributed by atoms with E-state index in [1.54, 1.807) is 7.05 Å². The van der Waals surface area contributed by atoms with Gasteiger partial charge in [-0.2, -0.15) is 0 Å². The highest BCUT2D eigenvalue weighted by atomic mass is 32.2. The Morgan fingerprint density at radius 1 is 1.55 bits per heavy atom. The molecule has 0 fully saturated rings. The number of sulfonamides is 1. The molecule has 20 heavy (non-hydrogen) atoms. The molecule has 0 unspecified atom stereocenters. The lowest BCUT2D eigenvalue weighted by molar-refractivity contribution is 0.0589. The number of ether oxygens (including phenoxy) is 1. The fraction of sp³-hybridized carbons (Fsp3) is 0.417. The smallest absolute Gasteiger partial charge is 0.355 e. The fourth-order valence-electron chi connectivity index (χ4n) is 2.08. The summed E-state index contributed by atoms with van der Waals surface area (Å²) >= 11 is 0. The normalized spacial score (nSPS) is 21.9. The molecular formula is C12H16N2O5S. The van der Waals surface area contributed by atoms with Crippen LogP contribution in [0.3, 0.4) is 0 Å². The third-order valence-corrected chi connectivity index (χ3v) is 4.62. The Hall–Kier alpha value is -1.64. The van der Waals surface area contributed by atoms with Gasteiger partial charge in [-0.15, -0.1) is 0 Å². The highest BCUT2D eigenvalue weighted by Gasteiger charge is 2.31. The Labute approximate surface area is 116 Å². The highest BCUT2D eigenvalue weighted by Crippen LogP contribution is 2.27. The quantitative estimate of drug-likeness (QED) is 0.741. The topological polar surface area (TPSA) is 97.6 Å². The lowest BCUT2D eigenvalue weighted by atomic mass is 10.1. The number of fused-ring (bicyclic) bond motifs is 1. The number of nitrogens with one attached hydrogen (secondary N) is 1. The van der Waals surface area contributed by atoms with Crippen molar-refractivity contribution in [2.24, 2.45) is 7.05 Å². The van der Waals surface area contributed by atoms with E-state index in [9.17, 15) is 18.3 Å². The van der Waals surface area contributed by atoms with Gasteiger partial charge in [-0.1, -0.05) is 12.2 Å². The molecule has 0 saturated heterocycles. The average molecular weight is 300 g/mol. The molecule has 2 atom stereocenters. The number of nitrogens with zero attached hydrogens (tertiary/aromatic N) is 1. The maximum atomic E-state index is 12.3. The Balaban J connectivity index is 2.66. The van der Waals surface area contributed by atoms with Crippen LogP contribution < -0.4 is 4.72 Å². The maximum Gasteiger partial charge on any atom is 0.355 e. The summed E-state index contributed by atoms with van der Waals surface area (Å²) in [6, 6.07) is -0.747. The minimum Gasteiger partial charge on any atom is -0.464 e. The van der Waals surface area contributed by atoms with Gasteiger partial charge in [0, 0.05) is 18.8 Å². The number of aliphatic hydroxyl groups is 1. The van der Waals surface area contributed by atoms with Gasteiger partial charge in [0.05, 0.1) is 19.3 Å². The van der Waals surface area contributed by atoms with E-state index in [1.807, 2.05) is 0 Å². The number of carbonyl (C=O) groups is 1. The molecule has 110 valence electrons. The molecular weight excluding hydrogens is 284 g/mol. The minimum absolute atomic E-state index is 0.0141. The summed E-state index contributed by atoms with van der Waals surface area (Å²) < 4.78 is 33.0. The van der Waals surface area contributed by atoms with Crippen molar-refractivity contribution in [2.75, 3.05) is 7.11 Å². The summed E-state index contributed by atoms with van der Waals surface area (Å²) in [6.45, 7) is 1.48. The van der Waals surface area contributed by atoms with E-state index in [0.29, 0.717) is 0 Å². The van der Waals surface area contributed by atoms with Crippen molar-refractivity contribution in [3.63, 3.8) is 0 Å². The van der Waals surface area contributed by atoms with Gasteiger partial charge < -0.3 is 14.4 Å². The third kappa shape index (κ3) is 2.37. The van der Waals surface area contributed by atoms with E-state index in [1.165, 1.54) is 36.9 Å². The summed E-state index contributed by atoms with van der Waals surface area (Å²) in [5.74, 6) is -0.621. The van der Waals surface area contributed by atoms with Crippen LogP contribution in [0.15, 0.2) is 17.2 Å². The fourth-order valence-corrected chi connectivity index (χ4v) is 3.60. The predicted molar refractivity (Wildman–Crippen MR) is 71.6 cm³/mol. The standard InChI is InChI=1S/C12H16N2O5S/c1-7(15)9-5-4-8-10(20(17,18)13-9)6-14(2)11(8)12(16)19-3/h4-7,9,13,15H,1-3H3/t7-,9+/m0/s1. The molecule has 0 spiro atoms. The van der Waals surface area contributed by atoms with E-state index in [0.717, 1.165) is 0 Å². The lowest BCUT2D eigenvalue weighted by Crippen LogP contribution is -2.39. The molecule has 2 rings (SSSR count). The van der Waals surface area contributed by atoms with Crippen LogP contribution in [0.5, 0.6) is 0 Å². The number of aliphatic hydroxyl groups excluding tert-OH is 1. The first-order valence-corrected chi connectivity index (χ1v) is 7.42. The molecule has 7 nitrogen and oxygen atoms in total. The molecule has 0 saturated carbocycles. The van der Waals surface area contributed by atoms with Crippen LogP contribution in [0, 0.1) is 0 Å². The highest BCUT2D eigenvalue weighted by molar-refractivity contribution is 7.89. The number of hydrogen-bond donors (Lipinski definition) is 2. The van der Waals surface area contributed by atoms with E-state index in [-0.39, 0.29) is 16.2 Å². The van der Waals surface area contributed by atoms with Gasteiger partial charge in [0.2, 0.25) is 10.0 Å². The zero-order valence-corrected chi connectivity index (χ0v) is 12.1. The summed E-state index contributed by atoms with van der Waals surface area (Å²) in [5, 5.41) is 9.56. The Morgan fingerprint density at radius 2 is 2.20 bits per heavy atom. The molecule has 2 heterocycles. The number of aryl methyl sites for hydroxylation is 1. The van der Waals surface area contributed by atoms with Crippen molar-refractivity contribution in [3.05, 3.63) is 23.5 Å². The van der Waals surface area contributed by atoms with Gasteiger partial charge in [-0.3, -0.25) is 0 Å². The Morgan fingerprint density at radius 3 is 2.75 bits per heavy atom. The van der Waals surface area contributed by atoms with Gasteiger partial charge >= 0.3 is 5.97 Å². The van der Waals surface area contributed by atoms with Gasteiger partial charge in [-0.25, -0.2) is 17.9 Å². The summed E-state index contributed by atoms with van der Waals surface area (Å²) in [7, 11) is -1.02. The lowest BCUT2D eigenvalue weighted by Gasteiger charge is -2.15. The van der Waals surface area contributed by atoms with Gasteiger partial charge in [0.1, 0.15) is 10.6 Å². The van der Waals surface area contributed by atoms with Crippen molar-refractivity contribution in [3.8, 4) is 0 Å². The van der Waals surface area contributed by atoms with Crippen LogP contribution in [0.1, 0.15) is 23.0 Å². The molecule has 0 aromatic carbocycles. The molecule has 1 aliphatic rings. The van der Waals surface area contributed by atoms with Gasteiger partial charge in [0.15, 0.2) is 0 Å². The van der Waals surface area contributed by atoms with E-state index in [4.69, 9.17) is 0 Å². The Kier molecular flexibility index (Phi) is 3.72. The first-order chi connectivity index (χ1) is 9.27. The van der Waals surface area contributed by atoms with E-state index < -0.39 is 28.1 Å². The number of esters is 1. The number of carbonyl (C=O) groups excluding carboxylic acids is 1. The molecule has 0 bridgehead atoms. The molecule has 1 aliphatic heterocycles. The number of aromatic nitrogens is 1. The monoisotopic (exact) mass is 300 g/mol. The molecule has 2 N–H and O–H groups in total. The third-order valence-electron chi connectivity index (χ3n) is 3.13. The maximum absolute atomic E-state index is 12.3. The van der Waals surface area contributed by atoms with Crippen LogP contribution in [0.2, 0.25) is 0 Å². The molecule has 1 aromatic heterocycles. The zero-order valence-electron chi connectivity index (χ0n) is 11.3. The van der Waals surface area contributed by atoms with E-state index in [2.05, 4.69) is 9.46 Å². The number of methoxy groups -OCH3 is 1. The summed E-state index contributed by atoms with van der Waals surface area (Å²) in [6.07, 6.45) is 3.48. The van der Waals surface area contributed by atoms with Crippen molar-refractivity contribution in [1.29, 1.82) is 0 Å². The Bertz CT molecular complexity index is 672. The van der Waals surface area contributed by atoms with Crippen molar-refractivity contribution < 1.29 is 23.1 Å². The van der Waals surface area contributed by atoms with E-state index >= 15 is 0 Å². The largest absolute Gasteiger partial charge is 0.464 e. The second-order valence-corrected chi connectivity index (χ2v) is 6.29. The second-order valence-electron chi connectivity index (χ2n) is 4.60. The van der Waals surface area contributed by atoms with Crippen molar-refractivity contribution in [2.45, 2.75) is 24.0 Å². The SMILES string of the molecule is COC(=O)c1c2c(cn1C)S(=O)(=O)N[C@@H]([C@H](C)O)C=C2. The zero-order chi connectivity index (χ0) is 15.1. The molecule has 0 amide bonds. The van der Waals surface area contributed by atoms with Gasteiger partial charge in [-0.05, 0) is 6.92 Å². The van der Waals surface area contributed by atoms with Crippen molar-refractivity contribution >= 4 is 22.1 Å². The minimum atomic E-state index is -3.82. The molecule has 1 aromatic rings. The van der Waals surface area contributed by atoms with Crippen LogP contribution in [0.25, 0.3) is 6.08 Å². The first-order valence-electron chi connectivity index (χ1n) is 5.94. The summed E-state index contributed by atoms with van der Waals surface area (Å²) in [5.41, 5.74) is 0.408. The van der Waals surface area contributed by atoms with Crippen LogP contribution in [0.4, 0.5) is 0 Å².